The van der Waals surface area contributed by atoms with Crippen LogP contribution in [0.4, 0.5) is 0 Å². The average molecular weight is 245 g/mol. The fourth-order valence-electron chi connectivity index (χ4n) is 3.09. The van der Waals surface area contributed by atoms with E-state index in [-0.39, 0.29) is 11.5 Å². The van der Waals surface area contributed by atoms with Gasteiger partial charge in [0.25, 0.3) is 0 Å². The summed E-state index contributed by atoms with van der Waals surface area (Å²) in [6, 6.07) is 7.08. The Hall–Kier alpha value is -0.820. The summed E-state index contributed by atoms with van der Waals surface area (Å²) in [5.74, 6) is 0.698. The van der Waals surface area contributed by atoms with Crippen molar-refractivity contribution in [2.24, 2.45) is 11.7 Å². The lowest BCUT2D eigenvalue weighted by atomic mass is 9.83. The normalized spacial score (nSPS) is 19.2. The molecule has 0 heterocycles. The van der Waals surface area contributed by atoms with Crippen LogP contribution in [-0.4, -0.2) is 0 Å². The first-order valence-electron chi connectivity index (χ1n) is 7.26. The largest absolute Gasteiger partial charge is 0.324 e. The minimum absolute atomic E-state index is 0.223. The van der Waals surface area contributed by atoms with E-state index in [2.05, 4.69) is 45.9 Å². The molecule has 1 unspecified atom stereocenters. The number of aryl methyl sites for hydroxylation is 1. The third-order valence-electron chi connectivity index (χ3n) is 4.40. The molecule has 2 rings (SSSR count). The Balaban J connectivity index is 2.24. The highest BCUT2D eigenvalue weighted by molar-refractivity contribution is 5.36. The van der Waals surface area contributed by atoms with E-state index in [0.29, 0.717) is 5.92 Å². The Morgan fingerprint density at radius 2 is 1.78 bits per heavy atom. The maximum Gasteiger partial charge on any atom is 0.0326 e. The summed E-state index contributed by atoms with van der Waals surface area (Å²) in [5, 5.41) is 0. The predicted molar refractivity (Wildman–Crippen MR) is 78.8 cm³/mol. The predicted octanol–water partition coefficient (Wildman–Crippen LogP) is 4.48. The van der Waals surface area contributed by atoms with Crippen molar-refractivity contribution < 1.29 is 0 Å². The molecule has 1 saturated carbocycles. The van der Waals surface area contributed by atoms with Crippen molar-refractivity contribution in [2.75, 3.05) is 0 Å². The van der Waals surface area contributed by atoms with Crippen molar-refractivity contribution in [3.8, 4) is 0 Å². The van der Waals surface area contributed by atoms with E-state index in [1.165, 1.54) is 42.4 Å². The van der Waals surface area contributed by atoms with E-state index in [0.717, 1.165) is 0 Å². The highest BCUT2D eigenvalue weighted by Crippen LogP contribution is 2.36. The van der Waals surface area contributed by atoms with Crippen LogP contribution >= 0.6 is 0 Å². The van der Waals surface area contributed by atoms with Crippen LogP contribution < -0.4 is 5.73 Å². The molecule has 1 nitrogen and oxygen atoms in total. The molecule has 1 aliphatic rings. The van der Waals surface area contributed by atoms with Crippen LogP contribution in [0.25, 0.3) is 0 Å². The lowest BCUT2D eigenvalue weighted by molar-refractivity contribution is 0.443. The van der Waals surface area contributed by atoms with E-state index in [1.54, 1.807) is 0 Å². The summed E-state index contributed by atoms with van der Waals surface area (Å²) < 4.78 is 0. The van der Waals surface area contributed by atoms with Crippen LogP contribution in [-0.2, 0) is 5.41 Å². The molecule has 0 saturated heterocycles. The number of rotatable bonds is 2. The molecule has 1 atom stereocenters. The molecular weight excluding hydrogens is 218 g/mol. The second kappa shape index (κ2) is 5.05. The highest BCUT2D eigenvalue weighted by Gasteiger charge is 2.25. The number of benzene rings is 1. The second-order valence-electron chi connectivity index (χ2n) is 6.89. The molecule has 1 aromatic carbocycles. The van der Waals surface area contributed by atoms with Gasteiger partial charge in [-0.25, -0.2) is 0 Å². The molecule has 1 aliphatic carbocycles. The van der Waals surface area contributed by atoms with Crippen LogP contribution in [0.15, 0.2) is 18.2 Å². The molecule has 0 aliphatic heterocycles. The van der Waals surface area contributed by atoms with E-state index in [9.17, 15) is 0 Å². The van der Waals surface area contributed by atoms with Gasteiger partial charge in [0.2, 0.25) is 0 Å². The fraction of sp³-hybridized carbons (Fsp3) is 0.647. The Kier molecular flexibility index (Phi) is 3.82. The molecule has 18 heavy (non-hydrogen) atoms. The molecule has 0 aromatic heterocycles. The lowest BCUT2D eigenvalue weighted by Crippen LogP contribution is -2.21. The third-order valence-corrected chi connectivity index (χ3v) is 4.40. The monoisotopic (exact) mass is 245 g/mol. The van der Waals surface area contributed by atoms with Crippen molar-refractivity contribution in [2.45, 2.75) is 64.8 Å². The van der Waals surface area contributed by atoms with Crippen molar-refractivity contribution in [1.29, 1.82) is 0 Å². The Morgan fingerprint density at radius 1 is 1.17 bits per heavy atom. The minimum Gasteiger partial charge on any atom is -0.324 e. The van der Waals surface area contributed by atoms with Gasteiger partial charge < -0.3 is 5.73 Å². The molecule has 100 valence electrons. The van der Waals surface area contributed by atoms with Gasteiger partial charge in [0.1, 0.15) is 0 Å². The molecule has 1 aromatic rings. The number of hydrogen-bond donors (Lipinski definition) is 1. The van der Waals surface area contributed by atoms with Crippen molar-refractivity contribution in [3.63, 3.8) is 0 Å². The summed E-state index contributed by atoms with van der Waals surface area (Å²) in [4.78, 5) is 0. The molecule has 1 heteroatoms. The maximum absolute atomic E-state index is 6.46. The molecule has 0 radical (unpaired) electrons. The topological polar surface area (TPSA) is 26.0 Å². The molecule has 1 fully saturated rings. The van der Waals surface area contributed by atoms with Gasteiger partial charge in [0.15, 0.2) is 0 Å². The fourth-order valence-corrected chi connectivity index (χ4v) is 3.09. The first-order chi connectivity index (χ1) is 8.39. The van der Waals surface area contributed by atoms with Gasteiger partial charge in [-0.15, -0.1) is 0 Å². The van der Waals surface area contributed by atoms with E-state index >= 15 is 0 Å². The molecular formula is C17H27N. The smallest absolute Gasteiger partial charge is 0.0326 e. The molecule has 0 spiro atoms. The van der Waals surface area contributed by atoms with Gasteiger partial charge in [0, 0.05) is 6.04 Å². The van der Waals surface area contributed by atoms with E-state index in [4.69, 9.17) is 5.73 Å². The Labute approximate surface area is 112 Å². The van der Waals surface area contributed by atoms with E-state index in [1.807, 2.05) is 0 Å². The maximum atomic E-state index is 6.46. The minimum atomic E-state index is 0.223. The van der Waals surface area contributed by atoms with Crippen LogP contribution in [0.1, 0.15) is 69.2 Å². The van der Waals surface area contributed by atoms with Crippen molar-refractivity contribution >= 4 is 0 Å². The van der Waals surface area contributed by atoms with Gasteiger partial charge in [-0.2, -0.15) is 0 Å². The zero-order valence-electron chi connectivity index (χ0n) is 12.3. The SMILES string of the molecule is Cc1cc(C(C)(C)C)ccc1C(N)C1CCCC1. The second-order valence-corrected chi connectivity index (χ2v) is 6.89. The van der Waals surface area contributed by atoms with Crippen LogP contribution in [0.3, 0.4) is 0 Å². The summed E-state index contributed by atoms with van der Waals surface area (Å²) in [7, 11) is 0. The standard InChI is InChI=1S/C17H27N/c1-12-11-14(17(2,3)4)9-10-15(12)16(18)13-7-5-6-8-13/h9-11,13,16H,5-8,18H2,1-4H3. The Bertz CT molecular complexity index is 408. The number of hydrogen-bond acceptors (Lipinski definition) is 1. The van der Waals surface area contributed by atoms with Gasteiger partial charge in [-0.3, -0.25) is 0 Å². The lowest BCUT2D eigenvalue weighted by Gasteiger charge is -2.24. The van der Waals surface area contributed by atoms with Gasteiger partial charge in [0.05, 0.1) is 0 Å². The Morgan fingerprint density at radius 3 is 2.28 bits per heavy atom. The quantitative estimate of drug-likeness (QED) is 0.816. The first kappa shape index (κ1) is 13.6. The summed E-state index contributed by atoms with van der Waals surface area (Å²) in [5.41, 5.74) is 10.8. The van der Waals surface area contributed by atoms with Crippen LogP contribution in [0.2, 0.25) is 0 Å². The highest BCUT2D eigenvalue weighted by atomic mass is 14.7. The van der Waals surface area contributed by atoms with Gasteiger partial charge >= 0.3 is 0 Å². The average Bonchev–Trinajstić information content (AvgIpc) is 2.80. The van der Waals surface area contributed by atoms with Crippen LogP contribution in [0, 0.1) is 12.8 Å². The number of nitrogens with two attached hydrogens (primary N) is 1. The van der Waals surface area contributed by atoms with Crippen molar-refractivity contribution in [1.82, 2.24) is 0 Å². The van der Waals surface area contributed by atoms with Gasteiger partial charge in [-0.05, 0) is 47.8 Å². The third kappa shape index (κ3) is 2.77. The zero-order valence-corrected chi connectivity index (χ0v) is 12.3. The molecule has 2 N–H and O–H groups in total. The van der Waals surface area contributed by atoms with Crippen molar-refractivity contribution in [3.05, 3.63) is 34.9 Å². The van der Waals surface area contributed by atoms with E-state index < -0.39 is 0 Å². The summed E-state index contributed by atoms with van der Waals surface area (Å²) >= 11 is 0. The summed E-state index contributed by atoms with van der Waals surface area (Å²) in [6.45, 7) is 8.99. The van der Waals surface area contributed by atoms with Gasteiger partial charge in [-0.1, -0.05) is 51.8 Å². The zero-order chi connectivity index (χ0) is 13.3. The first-order valence-corrected chi connectivity index (χ1v) is 7.26. The molecule has 0 amide bonds. The summed E-state index contributed by atoms with van der Waals surface area (Å²) in [6.07, 6.45) is 5.33. The van der Waals surface area contributed by atoms with Crippen LogP contribution in [0.5, 0.6) is 0 Å². The molecule has 0 bridgehead atoms.